The lowest BCUT2D eigenvalue weighted by Gasteiger charge is -2.27. The van der Waals surface area contributed by atoms with Crippen LogP contribution in [0.5, 0.6) is 11.5 Å². The Balaban J connectivity index is 1.95. The maximum absolute atomic E-state index is 14.1. The molecule has 0 unspecified atom stereocenters. The van der Waals surface area contributed by atoms with Crippen molar-refractivity contribution >= 4 is 11.0 Å². The van der Waals surface area contributed by atoms with Crippen LogP contribution in [-0.4, -0.2) is 25.3 Å². The first-order valence-corrected chi connectivity index (χ1v) is 10.6. The fourth-order valence-corrected chi connectivity index (χ4v) is 4.37. The van der Waals surface area contributed by atoms with E-state index in [9.17, 15) is 23.1 Å². The zero-order chi connectivity index (χ0) is 23.0. The van der Waals surface area contributed by atoms with Crippen LogP contribution >= 0.6 is 0 Å². The third-order valence-electron chi connectivity index (χ3n) is 6.18. The predicted molar refractivity (Wildman–Crippen MR) is 114 cm³/mol. The SMILES string of the molecule is COc1ccccc1-c1c(C(F)(F)F)oc2c(C[NH+]3CCC(C)CC3)c(O)ccc2c1=O. The van der Waals surface area contributed by atoms with Crippen LogP contribution in [0.3, 0.4) is 0 Å². The number of likely N-dealkylation sites (tertiary alicyclic amines) is 1. The number of hydrogen-bond acceptors (Lipinski definition) is 4. The molecule has 0 bridgehead atoms. The number of aromatic hydroxyl groups is 1. The van der Waals surface area contributed by atoms with E-state index in [1.807, 2.05) is 0 Å². The summed E-state index contributed by atoms with van der Waals surface area (Å²) in [5.41, 5.74) is -1.40. The van der Waals surface area contributed by atoms with Gasteiger partial charge in [0.2, 0.25) is 11.2 Å². The van der Waals surface area contributed by atoms with Gasteiger partial charge in [-0.15, -0.1) is 0 Å². The van der Waals surface area contributed by atoms with Crippen molar-refractivity contribution < 1.29 is 32.3 Å². The van der Waals surface area contributed by atoms with E-state index >= 15 is 0 Å². The molecule has 0 aliphatic carbocycles. The highest BCUT2D eigenvalue weighted by atomic mass is 19.4. The lowest BCUT2D eigenvalue weighted by molar-refractivity contribution is -0.919. The van der Waals surface area contributed by atoms with E-state index in [1.165, 1.54) is 37.4 Å². The highest BCUT2D eigenvalue weighted by Gasteiger charge is 2.40. The molecule has 0 atom stereocenters. The van der Waals surface area contributed by atoms with Crippen molar-refractivity contribution in [2.75, 3.05) is 20.2 Å². The number of rotatable bonds is 4. The Hall–Kier alpha value is -3.00. The molecule has 2 heterocycles. The first-order chi connectivity index (χ1) is 15.2. The summed E-state index contributed by atoms with van der Waals surface area (Å²) < 4.78 is 52.8. The Labute approximate surface area is 183 Å². The summed E-state index contributed by atoms with van der Waals surface area (Å²) >= 11 is 0. The van der Waals surface area contributed by atoms with Gasteiger partial charge < -0.3 is 19.2 Å². The number of hydrogen-bond donors (Lipinski definition) is 2. The normalized spacial score (nSPS) is 19.3. The summed E-state index contributed by atoms with van der Waals surface area (Å²) in [7, 11) is 1.33. The third-order valence-corrected chi connectivity index (χ3v) is 6.18. The van der Waals surface area contributed by atoms with Crippen molar-refractivity contribution in [3.63, 3.8) is 0 Å². The first kappa shape index (κ1) is 22.2. The van der Waals surface area contributed by atoms with Crippen LogP contribution in [0.15, 0.2) is 45.6 Å². The number of benzene rings is 2. The van der Waals surface area contributed by atoms with Gasteiger partial charge in [-0.3, -0.25) is 4.79 Å². The van der Waals surface area contributed by atoms with Gasteiger partial charge in [-0.1, -0.05) is 25.1 Å². The fourth-order valence-electron chi connectivity index (χ4n) is 4.37. The second kappa shape index (κ2) is 8.50. The first-order valence-electron chi connectivity index (χ1n) is 10.6. The lowest BCUT2D eigenvalue weighted by atomic mass is 9.97. The summed E-state index contributed by atoms with van der Waals surface area (Å²) in [5.74, 6) is -0.841. The number of ether oxygens (including phenoxy) is 1. The molecule has 8 heteroatoms. The Morgan fingerprint density at radius 2 is 1.84 bits per heavy atom. The number of halogens is 3. The maximum Gasteiger partial charge on any atom is 0.450 e. The Morgan fingerprint density at radius 1 is 1.16 bits per heavy atom. The minimum Gasteiger partial charge on any atom is -0.507 e. The molecule has 0 spiro atoms. The van der Waals surface area contributed by atoms with E-state index in [0.717, 1.165) is 30.8 Å². The maximum atomic E-state index is 14.1. The van der Waals surface area contributed by atoms with Crippen LogP contribution in [0.25, 0.3) is 22.1 Å². The van der Waals surface area contributed by atoms with Gasteiger partial charge >= 0.3 is 6.18 Å². The number of alkyl halides is 3. The van der Waals surface area contributed by atoms with Crippen LogP contribution in [0.4, 0.5) is 13.2 Å². The molecule has 4 rings (SSSR count). The van der Waals surface area contributed by atoms with E-state index < -0.39 is 22.9 Å². The van der Waals surface area contributed by atoms with Gasteiger partial charge in [0.25, 0.3) is 0 Å². The minimum absolute atomic E-state index is 0.00300. The largest absolute Gasteiger partial charge is 0.507 e. The number of nitrogens with one attached hydrogen (secondary N) is 1. The number of para-hydroxylation sites is 1. The molecule has 1 saturated heterocycles. The van der Waals surface area contributed by atoms with Gasteiger partial charge in [-0.2, -0.15) is 13.2 Å². The fraction of sp³-hybridized carbons (Fsp3) is 0.375. The van der Waals surface area contributed by atoms with Crippen molar-refractivity contribution in [3.8, 4) is 22.6 Å². The summed E-state index contributed by atoms with van der Waals surface area (Å²) in [5, 5.41) is 10.5. The van der Waals surface area contributed by atoms with Crippen LogP contribution in [-0.2, 0) is 12.7 Å². The molecule has 2 N–H and O–H groups in total. The van der Waals surface area contributed by atoms with Crippen LogP contribution in [0, 0.1) is 5.92 Å². The number of methoxy groups -OCH3 is 1. The molecule has 1 aliphatic heterocycles. The number of piperidine rings is 1. The smallest absolute Gasteiger partial charge is 0.450 e. The predicted octanol–water partition coefficient (Wildman–Crippen LogP) is 4.01. The quantitative estimate of drug-likeness (QED) is 0.633. The van der Waals surface area contributed by atoms with Crippen molar-refractivity contribution in [2.24, 2.45) is 5.92 Å². The number of phenolic OH excluding ortho intramolecular Hbond substituents is 1. The van der Waals surface area contributed by atoms with E-state index in [0.29, 0.717) is 5.92 Å². The molecular weight excluding hydrogens is 423 g/mol. The van der Waals surface area contributed by atoms with Gasteiger partial charge in [0, 0.05) is 5.56 Å². The summed E-state index contributed by atoms with van der Waals surface area (Å²) in [6.07, 6.45) is -2.92. The second-order valence-electron chi connectivity index (χ2n) is 8.38. The summed E-state index contributed by atoms with van der Waals surface area (Å²) in [6.45, 7) is 4.13. The zero-order valence-electron chi connectivity index (χ0n) is 17.9. The molecule has 1 aromatic heterocycles. The molecule has 1 aliphatic rings. The molecule has 3 aromatic rings. The standard InChI is InChI=1S/C24H24F3NO4/c1-14-9-11-28(12-10-14)13-17-18(29)8-7-16-21(30)20(15-5-3-4-6-19(15)31-2)23(24(25,26)27)32-22(16)17/h3-8,14,29H,9-13H2,1-2H3/p+1. The van der Waals surface area contributed by atoms with Gasteiger partial charge in [0.1, 0.15) is 18.0 Å². The number of fused-ring (bicyclic) bond motifs is 1. The van der Waals surface area contributed by atoms with Crippen LogP contribution in [0.1, 0.15) is 31.1 Å². The Kier molecular flexibility index (Phi) is 5.90. The topological polar surface area (TPSA) is 64.1 Å². The number of phenols is 1. The summed E-state index contributed by atoms with van der Waals surface area (Å²) in [6, 6.07) is 8.68. The van der Waals surface area contributed by atoms with E-state index in [2.05, 4.69) is 6.92 Å². The minimum atomic E-state index is -4.92. The number of quaternary nitrogens is 1. The van der Waals surface area contributed by atoms with Crippen molar-refractivity contribution in [1.82, 2.24) is 0 Å². The van der Waals surface area contributed by atoms with Crippen molar-refractivity contribution in [2.45, 2.75) is 32.5 Å². The van der Waals surface area contributed by atoms with E-state index in [-0.39, 0.29) is 40.1 Å². The average Bonchev–Trinajstić information content (AvgIpc) is 2.76. The highest BCUT2D eigenvalue weighted by Crippen LogP contribution is 2.41. The van der Waals surface area contributed by atoms with Gasteiger partial charge in [-0.25, -0.2) is 0 Å². The Bertz CT molecular complexity index is 1190. The Morgan fingerprint density at radius 3 is 2.50 bits per heavy atom. The van der Waals surface area contributed by atoms with Gasteiger partial charge in [0.05, 0.1) is 36.7 Å². The van der Waals surface area contributed by atoms with Gasteiger partial charge in [-0.05, 0) is 37.0 Å². The molecule has 0 amide bonds. The molecule has 32 heavy (non-hydrogen) atoms. The lowest BCUT2D eigenvalue weighted by Crippen LogP contribution is -3.11. The monoisotopic (exact) mass is 448 g/mol. The van der Waals surface area contributed by atoms with Crippen LogP contribution < -0.4 is 15.1 Å². The molecule has 170 valence electrons. The summed E-state index contributed by atoms with van der Waals surface area (Å²) in [4.78, 5) is 14.5. The van der Waals surface area contributed by atoms with Crippen molar-refractivity contribution in [3.05, 3.63) is 57.9 Å². The zero-order valence-corrected chi connectivity index (χ0v) is 17.9. The molecule has 2 aromatic carbocycles. The molecule has 0 saturated carbocycles. The van der Waals surface area contributed by atoms with Crippen LogP contribution in [0.2, 0.25) is 0 Å². The molecule has 5 nitrogen and oxygen atoms in total. The van der Waals surface area contributed by atoms with E-state index in [4.69, 9.17) is 9.15 Å². The van der Waals surface area contributed by atoms with Crippen molar-refractivity contribution in [1.29, 1.82) is 0 Å². The molecule has 1 fully saturated rings. The molecular formula is C24H25F3NO4+. The molecule has 0 radical (unpaired) electrons. The highest BCUT2D eigenvalue weighted by molar-refractivity contribution is 5.87. The third kappa shape index (κ3) is 4.07. The second-order valence-corrected chi connectivity index (χ2v) is 8.38. The average molecular weight is 448 g/mol. The van der Waals surface area contributed by atoms with E-state index in [1.54, 1.807) is 6.07 Å². The van der Waals surface area contributed by atoms with Gasteiger partial charge in [0.15, 0.2) is 5.58 Å².